The van der Waals surface area contributed by atoms with Crippen LogP contribution in [0.25, 0.3) is 22.6 Å². The zero-order valence-electron chi connectivity index (χ0n) is 24.6. The molecule has 3 heterocycles. The van der Waals surface area contributed by atoms with Gasteiger partial charge in [-0.2, -0.15) is 5.26 Å². The predicted octanol–water partition coefficient (Wildman–Crippen LogP) is 3.21. The zero-order chi connectivity index (χ0) is 32.1. The molecule has 0 aliphatic carbocycles. The molecule has 2 aromatic heterocycles. The lowest BCUT2D eigenvalue weighted by atomic mass is 9.95. The first kappa shape index (κ1) is 31.7. The lowest BCUT2D eigenvalue weighted by Gasteiger charge is -2.45. The fraction of sp³-hybridized carbons (Fsp3) is 0.355. The van der Waals surface area contributed by atoms with Gasteiger partial charge in [-0.15, -0.1) is 0 Å². The second-order valence-electron chi connectivity index (χ2n) is 10.0. The fourth-order valence-electron chi connectivity index (χ4n) is 4.97. The minimum absolute atomic E-state index is 0.194. The van der Waals surface area contributed by atoms with E-state index in [1.54, 1.807) is 30.3 Å². The van der Waals surface area contributed by atoms with Gasteiger partial charge in [0.15, 0.2) is 24.5 Å². The monoisotopic (exact) mass is 606 g/mol. The van der Waals surface area contributed by atoms with Gasteiger partial charge in [0, 0.05) is 33.3 Å². The number of aromatic nitrogens is 1. The Hall–Kier alpha value is -5.22. The summed E-state index contributed by atoms with van der Waals surface area (Å²) in [5.74, 6) is -2.90. The standard InChI is InChI=1S/C31H30N2O11/c1-16-8-10-21(11-9-16)24-13-22(25-7-6-12-39-25)23(14-32)30(38)33(24)31-29(43-20(5)37)28(42-19(4)36)27(41-18(3)35)26(44-31)15-40-17(2)34/h6-13,26-29,31H,15H2,1-5H3/t26-,27+,28+,29-,31-/m1/s1. The first-order valence-corrected chi connectivity index (χ1v) is 13.5. The van der Waals surface area contributed by atoms with E-state index in [0.717, 1.165) is 37.8 Å². The van der Waals surface area contributed by atoms with Gasteiger partial charge in [0.25, 0.3) is 5.56 Å². The third kappa shape index (κ3) is 6.87. The molecular formula is C31H30N2O11. The van der Waals surface area contributed by atoms with Crippen LogP contribution in [0.15, 0.2) is 57.9 Å². The number of nitriles is 1. The number of carbonyl (C=O) groups excluding carboxylic acids is 4. The molecule has 3 aromatic rings. The minimum Gasteiger partial charge on any atom is -0.464 e. The molecule has 4 rings (SSSR count). The van der Waals surface area contributed by atoms with E-state index in [-0.39, 0.29) is 22.6 Å². The summed E-state index contributed by atoms with van der Waals surface area (Å²) >= 11 is 0. The van der Waals surface area contributed by atoms with Crippen LogP contribution in [0.2, 0.25) is 0 Å². The first-order chi connectivity index (χ1) is 20.9. The normalized spacial score (nSPS) is 21.0. The van der Waals surface area contributed by atoms with Gasteiger partial charge in [0.2, 0.25) is 0 Å². The molecule has 5 atom stereocenters. The van der Waals surface area contributed by atoms with Crippen LogP contribution in [0, 0.1) is 18.3 Å². The van der Waals surface area contributed by atoms with Gasteiger partial charge < -0.3 is 28.1 Å². The molecule has 1 aliphatic rings. The molecule has 0 bridgehead atoms. The summed E-state index contributed by atoms with van der Waals surface area (Å²) in [6.07, 6.45) is -6.00. The molecule has 230 valence electrons. The molecule has 0 amide bonds. The van der Waals surface area contributed by atoms with Crippen molar-refractivity contribution in [3.8, 4) is 28.7 Å². The lowest BCUT2D eigenvalue weighted by molar-refractivity contribution is -0.268. The number of aryl methyl sites for hydroxylation is 1. The molecule has 0 spiro atoms. The highest BCUT2D eigenvalue weighted by atomic mass is 16.7. The molecule has 0 saturated carbocycles. The number of rotatable bonds is 8. The van der Waals surface area contributed by atoms with Gasteiger partial charge in [-0.25, -0.2) is 0 Å². The number of ether oxygens (including phenoxy) is 5. The van der Waals surface area contributed by atoms with Crippen molar-refractivity contribution in [2.24, 2.45) is 0 Å². The van der Waals surface area contributed by atoms with Gasteiger partial charge >= 0.3 is 23.9 Å². The van der Waals surface area contributed by atoms with Gasteiger partial charge in [0.1, 0.15) is 30.1 Å². The summed E-state index contributed by atoms with van der Waals surface area (Å²) < 4.78 is 34.6. The molecule has 0 unspecified atom stereocenters. The number of carbonyl (C=O) groups is 4. The Morgan fingerprint density at radius 1 is 0.886 bits per heavy atom. The van der Waals surface area contributed by atoms with Crippen molar-refractivity contribution in [3.05, 3.63) is 70.2 Å². The number of esters is 4. The minimum atomic E-state index is -1.57. The Bertz CT molecular complexity index is 1650. The van der Waals surface area contributed by atoms with Gasteiger partial charge in [-0.3, -0.25) is 28.5 Å². The number of hydrogen-bond acceptors (Lipinski definition) is 12. The molecule has 1 saturated heterocycles. The summed E-state index contributed by atoms with van der Waals surface area (Å²) in [5.41, 5.74) is 0.690. The lowest BCUT2D eigenvalue weighted by Crippen LogP contribution is -2.61. The topological polar surface area (TPSA) is 173 Å². The quantitative estimate of drug-likeness (QED) is 0.271. The Morgan fingerprint density at radius 3 is 2.05 bits per heavy atom. The smallest absolute Gasteiger partial charge is 0.303 e. The maximum absolute atomic E-state index is 14.3. The maximum atomic E-state index is 14.3. The molecule has 0 radical (unpaired) electrons. The molecule has 44 heavy (non-hydrogen) atoms. The summed E-state index contributed by atoms with van der Waals surface area (Å²) in [5, 5.41) is 10.1. The summed E-state index contributed by atoms with van der Waals surface area (Å²) in [6.45, 7) is 5.84. The highest BCUT2D eigenvalue weighted by Crippen LogP contribution is 2.38. The Morgan fingerprint density at radius 2 is 1.50 bits per heavy atom. The number of furan rings is 1. The highest BCUT2D eigenvalue weighted by molar-refractivity contribution is 5.73. The van der Waals surface area contributed by atoms with Gasteiger partial charge in [0.05, 0.1) is 12.0 Å². The van der Waals surface area contributed by atoms with E-state index in [4.69, 9.17) is 28.1 Å². The number of benzene rings is 1. The van der Waals surface area contributed by atoms with Crippen LogP contribution < -0.4 is 5.56 Å². The van der Waals surface area contributed by atoms with Crippen molar-refractivity contribution in [1.82, 2.24) is 4.57 Å². The van der Waals surface area contributed by atoms with Gasteiger partial charge in [-0.1, -0.05) is 29.8 Å². The zero-order valence-corrected chi connectivity index (χ0v) is 24.6. The largest absolute Gasteiger partial charge is 0.464 e. The maximum Gasteiger partial charge on any atom is 0.303 e. The molecule has 13 nitrogen and oxygen atoms in total. The van der Waals surface area contributed by atoms with Crippen LogP contribution in [-0.2, 0) is 42.9 Å². The van der Waals surface area contributed by atoms with E-state index in [2.05, 4.69) is 0 Å². The fourth-order valence-corrected chi connectivity index (χ4v) is 4.97. The summed E-state index contributed by atoms with van der Waals surface area (Å²) in [6, 6.07) is 13.8. The van der Waals surface area contributed by atoms with Crippen molar-refractivity contribution in [2.75, 3.05) is 6.61 Å². The number of pyridine rings is 1. The van der Waals surface area contributed by atoms with E-state index < -0.39 is 66.7 Å². The molecule has 0 N–H and O–H groups in total. The second-order valence-corrected chi connectivity index (χ2v) is 10.0. The molecular weight excluding hydrogens is 576 g/mol. The van der Waals surface area contributed by atoms with Crippen LogP contribution in [0.3, 0.4) is 0 Å². The Labute approximate surface area is 251 Å². The molecule has 1 fully saturated rings. The number of hydrogen-bond donors (Lipinski definition) is 0. The van der Waals surface area contributed by atoms with E-state index in [0.29, 0.717) is 5.56 Å². The SMILES string of the molecule is CC(=O)OC[C@H]1O[C@@H](n2c(-c3ccc(C)cc3)cc(-c3ccco3)c(C#N)c2=O)[C@H](OC(C)=O)[C@@H](OC(C)=O)[C@H]1OC(C)=O. The van der Waals surface area contributed by atoms with E-state index in [9.17, 15) is 29.2 Å². The predicted molar refractivity (Wildman–Crippen MR) is 150 cm³/mol. The van der Waals surface area contributed by atoms with Crippen molar-refractivity contribution in [3.63, 3.8) is 0 Å². The van der Waals surface area contributed by atoms with Crippen molar-refractivity contribution in [2.45, 2.75) is 65.3 Å². The van der Waals surface area contributed by atoms with Crippen molar-refractivity contribution in [1.29, 1.82) is 5.26 Å². The second kappa shape index (κ2) is 13.4. The number of nitrogens with zero attached hydrogens (tertiary/aromatic N) is 2. The van der Waals surface area contributed by atoms with Crippen LogP contribution in [0.5, 0.6) is 0 Å². The molecule has 1 aliphatic heterocycles. The summed E-state index contributed by atoms with van der Waals surface area (Å²) in [7, 11) is 0. The van der Waals surface area contributed by atoms with E-state index >= 15 is 0 Å². The molecule has 13 heteroatoms. The van der Waals surface area contributed by atoms with Gasteiger partial charge in [-0.05, 0) is 30.7 Å². The van der Waals surface area contributed by atoms with Crippen LogP contribution in [0.4, 0.5) is 0 Å². The highest BCUT2D eigenvalue weighted by Gasteiger charge is 2.53. The average Bonchev–Trinajstić information content (AvgIpc) is 3.49. The van der Waals surface area contributed by atoms with Crippen molar-refractivity contribution >= 4 is 23.9 Å². The Kier molecular flexibility index (Phi) is 9.65. The third-order valence-corrected chi connectivity index (χ3v) is 6.71. The van der Waals surface area contributed by atoms with E-state index in [1.165, 1.54) is 6.26 Å². The molecule has 1 aromatic carbocycles. The summed E-state index contributed by atoms with van der Waals surface area (Å²) in [4.78, 5) is 62.9. The Balaban J connectivity index is 2.04. The van der Waals surface area contributed by atoms with Crippen LogP contribution >= 0.6 is 0 Å². The third-order valence-electron chi connectivity index (χ3n) is 6.71. The van der Waals surface area contributed by atoms with Crippen molar-refractivity contribution < 1.29 is 47.3 Å². The van der Waals surface area contributed by atoms with Crippen LogP contribution in [0.1, 0.15) is 45.0 Å². The van der Waals surface area contributed by atoms with E-state index in [1.807, 2.05) is 25.1 Å². The van der Waals surface area contributed by atoms with Crippen LogP contribution in [-0.4, -0.2) is 59.5 Å². The average molecular weight is 607 g/mol. The first-order valence-electron chi connectivity index (χ1n) is 13.5.